The Hall–Kier alpha value is -0.675. The van der Waals surface area contributed by atoms with Crippen LogP contribution >= 0.6 is 0 Å². The molecule has 0 unspecified atom stereocenters. The number of halogens is 3. The second-order valence-electron chi connectivity index (χ2n) is 0.803. The van der Waals surface area contributed by atoms with Gasteiger partial charge in [-0.05, 0) is 0 Å². The summed E-state index contributed by atoms with van der Waals surface area (Å²) in [5.74, 6) is -2.76. The topological polar surface area (TPSA) is 37.3 Å². The number of hydrogen-bond acceptors (Lipinski definition) is 1. The van der Waals surface area contributed by atoms with Gasteiger partial charge in [0.25, 0.3) is 0 Å². The normalized spacial score (nSPS) is 9.88. The first-order chi connectivity index (χ1) is 2.94. The van der Waals surface area contributed by atoms with Crippen LogP contribution in [0.15, 0.2) is 0 Å². The first kappa shape index (κ1) is 10.3. The monoisotopic (exact) mass is 128 g/mol. The molecule has 0 aliphatic heterocycles. The Morgan fingerprint density at radius 1 is 1.38 bits per heavy atom. The first-order valence-corrected chi connectivity index (χ1v) is 1.24. The molecule has 0 aliphatic carbocycles. The van der Waals surface area contributed by atoms with Crippen LogP contribution in [0.3, 0.4) is 0 Å². The van der Waals surface area contributed by atoms with E-state index >= 15 is 0 Å². The lowest BCUT2D eigenvalue weighted by atomic mass is 10.7. The zero-order valence-electron chi connectivity index (χ0n) is 2.99. The maximum Gasteiger partial charge on any atom is 0.490 e. The molecular formula is C2H4BF3O2. The van der Waals surface area contributed by atoms with E-state index in [1.54, 1.807) is 0 Å². The highest BCUT2D eigenvalue weighted by Crippen LogP contribution is 2.13. The van der Waals surface area contributed by atoms with E-state index in [4.69, 9.17) is 9.90 Å². The third-order valence-corrected chi connectivity index (χ3v) is 0.243. The van der Waals surface area contributed by atoms with Crippen molar-refractivity contribution >= 4 is 14.4 Å². The Kier molecular flexibility index (Phi) is 3.34. The predicted molar refractivity (Wildman–Crippen MR) is 23.6 cm³/mol. The second-order valence-corrected chi connectivity index (χ2v) is 0.803. The van der Waals surface area contributed by atoms with Crippen molar-refractivity contribution in [2.24, 2.45) is 0 Å². The molecule has 0 spiro atoms. The highest BCUT2D eigenvalue weighted by atomic mass is 19.4. The van der Waals surface area contributed by atoms with E-state index < -0.39 is 12.1 Å². The first-order valence-electron chi connectivity index (χ1n) is 1.24. The summed E-state index contributed by atoms with van der Waals surface area (Å²) in [6.07, 6.45) is -5.08. The van der Waals surface area contributed by atoms with Gasteiger partial charge in [-0.2, -0.15) is 13.2 Å². The van der Waals surface area contributed by atoms with Crippen molar-refractivity contribution in [1.29, 1.82) is 0 Å². The molecule has 0 rings (SSSR count). The minimum atomic E-state index is -5.08. The summed E-state index contributed by atoms with van der Waals surface area (Å²) in [6, 6.07) is 0. The summed E-state index contributed by atoms with van der Waals surface area (Å²) in [5.41, 5.74) is 0. The SMILES string of the molecule is B.O=C(O)C(F)(F)F. The summed E-state index contributed by atoms with van der Waals surface area (Å²) in [5, 5.41) is 7.12. The summed E-state index contributed by atoms with van der Waals surface area (Å²) < 4.78 is 31.7. The van der Waals surface area contributed by atoms with Crippen molar-refractivity contribution in [3.8, 4) is 0 Å². The van der Waals surface area contributed by atoms with Crippen LogP contribution in [-0.2, 0) is 4.79 Å². The zero-order valence-corrected chi connectivity index (χ0v) is 2.99. The van der Waals surface area contributed by atoms with Gasteiger partial charge >= 0.3 is 12.1 Å². The number of hydrogen-bond donors (Lipinski definition) is 1. The van der Waals surface area contributed by atoms with Crippen LogP contribution in [0.5, 0.6) is 0 Å². The van der Waals surface area contributed by atoms with Crippen molar-refractivity contribution in [1.82, 2.24) is 0 Å². The van der Waals surface area contributed by atoms with Crippen LogP contribution < -0.4 is 0 Å². The summed E-state index contributed by atoms with van der Waals surface area (Å²) in [7, 11) is 0. The van der Waals surface area contributed by atoms with E-state index in [-0.39, 0.29) is 8.41 Å². The molecule has 0 aliphatic rings. The van der Waals surface area contributed by atoms with Crippen LogP contribution in [0.25, 0.3) is 0 Å². The molecule has 0 bridgehead atoms. The van der Waals surface area contributed by atoms with Crippen LogP contribution in [0.1, 0.15) is 0 Å². The minimum Gasteiger partial charge on any atom is -0.475 e. The Bertz CT molecular complexity index is 87.8. The predicted octanol–water partition coefficient (Wildman–Crippen LogP) is -0.551. The number of rotatable bonds is 0. The van der Waals surface area contributed by atoms with Crippen LogP contribution in [-0.4, -0.2) is 25.7 Å². The minimum absolute atomic E-state index is 0. The van der Waals surface area contributed by atoms with E-state index in [9.17, 15) is 13.2 Å². The molecule has 1 N–H and O–H groups in total. The van der Waals surface area contributed by atoms with Crippen LogP contribution in [0, 0.1) is 0 Å². The Labute approximate surface area is 44.9 Å². The molecule has 0 fully saturated rings. The van der Waals surface area contributed by atoms with E-state index in [0.29, 0.717) is 0 Å². The van der Waals surface area contributed by atoms with Crippen molar-refractivity contribution in [2.75, 3.05) is 0 Å². The fourth-order valence-corrected chi connectivity index (χ4v) is 0. The summed E-state index contributed by atoms with van der Waals surface area (Å²) in [4.78, 5) is 8.90. The molecule has 8 heavy (non-hydrogen) atoms. The zero-order chi connectivity index (χ0) is 6.08. The van der Waals surface area contributed by atoms with Gasteiger partial charge in [0.2, 0.25) is 0 Å². The summed E-state index contributed by atoms with van der Waals surface area (Å²) in [6.45, 7) is 0. The summed E-state index contributed by atoms with van der Waals surface area (Å²) >= 11 is 0. The van der Waals surface area contributed by atoms with Crippen molar-refractivity contribution < 1.29 is 23.1 Å². The highest BCUT2D eigenvalue weighted by molar-refractivity contribution is 5.75. The molecule has 0 atom stereocenters. The van der Waals surface area contributed by atoms with Gasteiger partial charge in [-0.1, -0.05) is 0 Å². The average molecular weight is 128 g/mol. The van der Waals surface area contributed by atoms with E-state index in [1.165, 1.54) is 0 Å². The molecule has 0 radical (unpaired) electrons. The fourth-order valence-electron chi connectivity index (χ4n) is 0. The maximum absolute atomic E-state index is 10.6. The second kappa shape index (κ2) is 2.59. The molecule has 0 saturated carbocycles. The van der Waals surface area contributed by atoms with Crippen molar-refractivity contribution in [2.45, 2.75) is 6.18 Å². The molecule has 0 aromatic carbocycles. The number of alkyl halides is 3. The quantitative estimate of drug-likeness (QED) is 0.444. The molecule has 6 heteroatoms. The van der Waals surface area contributed by atoms with Gasteiger partial charge in [0.15, 0.2) is 0 Å². The molecule has 0 saturated heterocycles. The van der Waals surface area contributed by atoms with Crippen LogP contribution in [0.4, 0.5) is 13.2 Å². The smallest absolute Gasteiger partial charge is 0.475 e. The fraction of sp³-hybridized carbons (Fsp3) is 0.500. The molecular weight excluding hydrogens is 124 g/mol. The van der Waals surface area contributed by atoms with Crippen molar-refractivity contribution in [3.63, 3.8) is 0 Å². The van der Waals surface area contributed by atoms with Crippen LogP contribution in [0.2, 0.25) is 0 Å². The van der Waals surface area contributed by atoms with E-state index in [0.717, 1.165) is 0 Å². The largest absolute Gasteiger partial charge is 0.490 e. The molecule has 0 aromatic rings. The maximum atomic E-state index is 10.6. The van der Waals surface area contributed by atoms with Crippen molar-refractivity contribution in [3.05, 3.63) is 0 Å². The number of carbonyl (C=O) groups is 1. The van der Waals surface area contributed by atoms with E-state index in [2.05, 4.69) is 0 Å². The van der Waals surface area contributed by atoms with Gasteiger partial charge in [-0.3, -0.25) is 0 Å². The average Bonchev–Trinajstić information content (AvgIpc) is 1.31. The molecule has 0 heterocycles. The highest BCUT2D eigenvalue weighted by Gasteiger charge is 2.38. The molecule has 0 aromatic heterocycles. The number of carboxylic acids is 1. The van der Waals surface area contributed by atoms with Gasteiger partial charge in [-0.25, -0.2) is 4.79 Å². The van der Waals surface area contributed by atoms with E-state index in [1.807, 2.05) is 0 Å². The molecule has 0 amide bonds. The van der Waals surface area contributed by atoms with Gasteiger partial charge in [0.05, 0.1) is 8.41 Å². The molecule has 48 valence electrons. The number of carboxylic acid groups (broad SMARTS) is 1. The Balaban J connectivity index is 0. The van der Waals surface area contributed by atoms with Gasteiger partial charge in [0.1, 0.15) is 0 Å². The van der Waals surface area contributed by atoms with Gasteiger partial charge in [0, 0.05) is 0 Å². The lowest BCUT2D eigenvalue weighted by molar-refractivity contribution is -0.192. The Morgan fingerprint density at radius 2 is 1.50 bits per heavy atom. The standard InChI is InChI=1S/C2HF3O2.BH3/c3-2(4,5)1(6)7;/h(H,6,7);1H3. The lowest BCUT2D eigenvalue weighted by Crippen LogP contribution is -2.21. The Morgan fingerprint density at radius 3 is 1.50 bits per heavy atom. The molecule has 2 nitrogen and oxygen atoms in total. The third kappa shape index (κ3) is 3.51. The lowest BCUT2D eigenvalue weighted by Gasteiger charge is -1.93. The van der Waals surface area contributed by atoms with Gasteiger partial charge < -0.3 is 5.11 Å². The third-order valence-electron chi connectivity index (χ3n) is 0.243. The number of aliphatic carboxylic acids is 1. The van der Waals surface area contributed by atoms with Gasteiger partial charge in [-0.15, -0.1) is 0 Å².